The molecule has 0 aliphatic carbocycles. The quantitative estimate of drug-likeness (QED) is 0.129. The summed E-state index contributed by atoms with van der Waals surface area (Å²) in [6.07, 6.45) is 11.7. The van der Waals surface area contributed by atoms with Crippen LogP contribution in [0.2, 0.25) is 0 Å². The summed E-state index contributed by atoms with van der Waals surface area (Å²) >= 11 is 0. The number of anilines is 3. The minimum Gasteiger partial charge on any atom is -0.358 e. The van der Waals surface area contributed by atoms with Gasteiger partial charge in [-0.15, -0.1) is 47.9 Å². The van der Waals surface area contributed by atoms with Crippen molar-refractivity contribution in [2.45, 2.75) is 0 Å². The Hall–Kier alpha value is -5.95. The van der Waals surface area contributed by atoms with Crippen LogP contribution in [-0.4, -0.2) is 19.1 Å². The van der Waals surface area contributed by atoms with Crippen LogP contribution in [0.3, 0.4) is 0 Å². The first kappa shape index (κ1) is 30.7. The topological polar surface area (TPSA) is 38.9 Å². The summed E-state index contributed by atoms with van der Waals surface area (Å²) < 4.78 is 4.40. The van der Waals surface area contributed by atoms with Crippen molar-refractivity contribution in [1.29, 1.82) is 0 Å². The predicted molar refractivity (Wildman–Crippen MR) is 193 cm³/mol. The minimum absolute atomic E-state index is 0. The Kier molecular flexibility index (Phi) is 8.34. The van der Waals surface area contributed by atoms with E-state index in [-0.39, 0.29) is 21.1 Å². The van der Waals surface area contributed by atoms with Gasteiger partial charge in [-0.1, -0.05) is 89.1 Å². The van der Waals surface area contributed by atoms with Crippen LogP contribution in [0.1, 0.15) is 0 Å². The van der Waals surface area contributed by atoms with Crippen molar-refractivity contribution in [3.8, 4) is 24.5 Å². The van der Waals surface area contributed by atoms with Crippen molar-refractivity contribution >= 4 is 60.7 Å². The van der Waals surface area contributed by atoms with E-state index in [1.807, 2.05) is 54.9 Å². The van der Waals surface area contributed by atoms with Gasteiger partial charge < -0.3 is 14.0 Å². The van der Waals surface area contributed by atoms with Gasteiger partial charge in [0, 0.05) is 29.1 Å². The van der Waals surface area contributed by atoms with Crippen LogP contribution < -0.4 is 4.90 Å². The molecule has 0 aliphatic rings. The Morgan fingerprint density at radius 3 is 1.35 bits per heavy atom. The first-order valence-corrected chi connectivity index (χ1v) is 15.3. The van der Waals surface area contributed by atoms with Crippen LogP contribution in [0.25, 0.3) is 55.2 Å². The van der Waals surface area contributed by atoms with E-state index in [0.29, 0.717) is 0 Å². The van der Waals surface area contributed by atoms with E-state index in [1.165, 1.54) is 10.8 Å². The van der Waals surface area contributed by atoms with E-state index >= 15 is 0 Å². The number of nitrogens with zero attached hydrogens (tertiary/aromatic N) is 5. The Balaban J connectivity index is 0.00000119. The number of fused-ring (bicyclic) bond motifs is 6. The molecule has 230 valence electrons. The summed E-state index contributed by atoms with van der Waals surface area (Å²) in [4.78, 5) is 11.7. The second kappa shape index (κ2) is 13.0. The van der Waals surface area contributed by atoms with Crippen LogP contribution in [-0.2, 0) is 21.1 Å². The monoisotopic (exact) mass is 796 g/mol. The Bertz CT molecular complexity index is 2380. The molecule has 0 N–H and O–H groups in total. The van der Waals surface area contributed by atoms with E-state index in [1.54, 1.807) is 0 Å². The number of terminal acetylenes is 1. The van der Waals surface area contributed by atoms with E-state index in [2.05, 4.69) is 136 Å². The maximum Gasteiger partial charge on any atom is 2.00 e. The van der Waals surface area contributed by atoms with Crippen molar-refractivity contribution < 1.29 is 21.1 Å². The third-order valence-electron chi connectivity index (χ3n) is 8.39. The molecule has 5 nitrogen and oxygen atoms in total. The second-order valence-corrected chi connectivity index (χ2v) is 11.0. The Morgan fingerprint density at radius 1 is 0.458 bits per heavy atom. The second-order valence-electron chi connectivity index (χ2n) is 11.0. The molecule has 0 saturated carbocycles. The van der Waals surface area contributed by atoms with Gasteiger partial charge in [0.25, 0.3) is 0 Å². The van der Waals surface area contributed by atoms with Gasteiger partial charge in [-0.3, -0.25) is 0 Å². The van der Waals surface area contributed by atoms with Crippen molar-refractivity contribution in [3.05, 3.63) is 164 Å². The van der Waals surface area contributed by atoms with Crippen LogP contribution in [0, 0.1) is 25.0 Å². The molecule has 9 rings (SSSR count). The fraction of sp³-hybridized carbons (Fsp3) is 0. The van der Waals surface area contributed by atoms with Gasteiger partial charge in [0.05, 0.1) is 0 Å². The van der Waals surface area contributed by atoms with Gasteiger partial charge in [-0.05, 0) is 59.3 Å². The molecule has 0 bridgehead atoms. The summed E-state index contributed by atoms with van der Waals surface area (Å²) in [5.41, 5.74) is 6.96. The van der Waals surface area contributed by atoms with Crippen LogP contribution in [0.4, 0.5) is 17.1 Å². The fourth-order valence-corrected chi connectivity index (χ4v) is 6.46. The van der Waals surface area contributed by atoms with E-state index < -0.39 is 0 Å². The van der Waals surface area contributed by atoms with Gasteiger partial charge in [0.15, 0.2) is 0 Å². The molecule has 0 saturated heterocycles. The minimum atomic E-state index is 0. The zero-order chi connectivity index (χ0) is 31.7. The molecule has 4 aromatic heterocycles. The van der Waals surface area contributed by atoms with Crippen LogP contribution in [0.15, 0.2) is 152 Å². The average Bonchev–Trinajstić information content (AvgIpc) is 3.66. The zero-order valence-electron chi connectivity index (χ0n) is 25.6. The number of rotatable bonds is 5. The van der Waals surface area contributed by atoms with E-state index in [0.717, 1.165) is 61.5 Å². The molecule has 6 heteroatoms. The standard InChI is InChI=1S/C40H25N5.C2H2.Pt/c1-2-12-28(13-3-1)43(29-20-22-33-31-14-4-6-16-35(31)44(37(33)26-29)39-18-8-10-24-41-39)30-21-23-34-32-15-5-7-17-36(32)45(38(34)27-30)40-19-9-11-25-42-40;1-2;/h1-25H;1-2H;/q-2;;+2. The molecule has 0 atom stereocenters. The number of hydrogen-bond donors (Lipinski definition) is 0. The zero-order valence-corrected chi connectivity index (χ0v) is 27.9. The SMILES string of the molecule is C#C.[Pt+2].[c-]1c(N(c2[c-]c3c(cc2)c2ccccc2n3-c2ccccn2)c2ccccc2)ccc2c3ccccc3n(-c3ccccn3)c12. The molecule has 0 spiro atoms. The molecular weight excluding hydrogens is 770 g/mol. The molecule has 48 heavy (non-hydrogen) atoms. The average molecular weight is 797 g/mol. The van der Waals surface area contributed by atoms with E-state index in [4.69, 9.17) is 9.97 Å². The summed E-state index contributed by atoms with van der Waals surface area (Å²) in [5, 5.41) is 4.59. The van der Waals surface area contributed by atoms with Gasteiger partial charge in [-0.25, -0.2) is 9.97 Å². The Labute approximate surface area is 293 Å². The largest absolute Gasteiger partial charge is 2.00 e. The summed E-state index contributed by atoms with van der Waals surface area (Å²) in [6, 6.07) is 55.7. The van der Waals surface area contributed by atoms with Crippen molar-refractivity contribution in [3.63, 3.8) is 0 Å². The van der Waals surface area contributed by atoms with Gasteiger partial charge in [0.1, 0.15) is 11.6 Å². The third-order valence-corrected chi connectivity index (χ3v) is 8.39. The normalized spacial score (nSPS) is 10.9. The van der Waals surface area contributed by atoms with Gasteiger partial charge in [0.2, 0.25) is 0 Å². The van der Waals surface area contributed by atoms with Crippen LogP contribution in [0.5, 0.6) is 0 Å². The maximum absolute atomic E-state index is 4.72. The van der Waals surface area contributed by atoms with E-state index in [9.17, 15) is 0 Å². The van der Waals surface area contributed by atoms with Crippen molar-refractivity contribution in [2.75, 3.05) is 4.90 Å². The third kappa shape index (κ3) is 5.04. The summed E-state index contributed by atoms with van der Waals surface area (Å²) in [5.74, 6) is 1.72. The summed E-state index contributed by atoms with van der Waals surface area (Å²) in [7, 11) is 0. The molecule has 0 fully saturated rings. The predicted octanol–water partition coefficient (Wildman–Crippen LogP) is 9.99. The number of aromatic nitrogens is 4. The molecule has 0 radical (unpaired) electrons. The molecule has 9 aromatic rings. The molecule has 0 aliphatic heterocycles. The van der Waals surface area contributed by atoms with Crippen molar-refractivity contribution in [2.24, 2.45) is 0 Å². The molecule has 5 aromatic carbocycles. The number of pyridine rings is 2. The number of hydrogen-bond acceptors (Lipinski definition) is 3. The van der Waals surface area contributed by atoms with Crippen LogP contribution >= 0.6 is 0 Å². The number of benzene rings is 5. The maximum atomic E-state index is 4.72. The molecular formula is C42H27N5Pt. The first-order valence-electron chi connectivity index (χ1n) is 15.3. The number of para-hydroxylation sites is 3. The smallest absolute Gasteiger partial charge is 0.358 e. The Morgan fingerprint density at radius 2 is 0.896 bits per heavy atom. The van der Waals surface area contributed by atoms with Gasteiger partial charge >= 0.3 is 21.1 Å². The summed E-state index contributed by atoms with van der Waals surface area (Å²) in [6.45, 7) is 0. The molecule has 0 unspecified atom stereocenters. The molecule has 0 amide bonds. The van der Waals surface area contributed by atoms with Crippen molar-refractivity contribution in [1.82, 2.24) is 19.1 Å². The fourth-order valence-electron chi connectivity index (χ4n) is 6.46. The molecule has 4 heterocycles. The van der Waals surface area contributed by atoms with Gasteiger partial charge in [-0.2, -0.15) is 12.1 Å². The first-order chi connectivity index (χ1) is 23.3.